The average molecular weight is 540 g/mol. The first-order chi connectivity index (χ1) is 14.5. The standard InChI is InChI=1S/C23H29FN4O2.HI/c1-3-25-23(28-13-11-27(12-14-28)18(2)29)26-16-19-7-9-22(10-8-19)30-17-20-5-4-6-21(24)15-20;/h4-10,15H,3,11-14,16-17H2,1-2H3,(H,25,26);1H. The van der Waals surface area contributed by atoms with Crippen molar-refractivity contribution >= 4 is 35.8 Å². The van der Waals surface area contributed by atoms with E-state index in [4.69, 9.17) is 9.73 Å². The van der Waals surface area contributed by atoms with Crippen LogP contribution in [0.15, 0.2) is 53.5 Å². The highest BCUT2D eigenvalue weighted by Gasteiger charge is 2.20. The molecule has 0 aliphatic carbocycles. The Hall–Kier alpha value is -2.36. The lowest BCUT2D eigenvalue weighted by Gasteiger charge is -2.36. The zero-order chi connectivity index (χ0) is 21.3. The third-order valence-electron chi connectivity index (χ3n) is 4.99. The maximum absolute atomic E-state index is 13.2. The van der Waals surface area contributed by atoms with E-state index in [1.165, 1.54) is 12.1 Å². The van der Waals surface area contributed by atoms with Crippen LogP contribution < -0.4 is 10.1 Å². The fourth-order valence-corrected chi connectivity index (χ4v) is 3.31. The summed E-state index contributed by atoms with van der Waals surface area (Å²) in [6, 6.07) is 14.2. The number of carbonyl (C=O) groups excluding carboxylic acids is 1. The number of piperazine rings is 1. The first-order valence-corrected chi connectivity index (χ1v) is 10.3. The van der Waals surface area contributed by atoms with Gasteiger partial charge in [0.05, 0.1) is 6.54 Å². The van der Waals surface area contributed by atoms with E-state index in [2.05, 4.69) is 10.2 Å². The number of ether oxygens (including phenoxy) is 1. The van der Waals surface area contributed by atoms with Crippen LogP contribution in [-0.2, 0) is 17.9 Å². The molecule has 1 aliphatic rings. The Morgan fingerprint density at radius 2 is 1.74 bits per heavy atom. The fraction of sp³-hybridized carbons (Fsp3) is 0.391. The summed E-state index contributed by atoms with van der Waals surface area (Å²) in [5.74, 6) is 1.46. The molecular weight excluding hydrogens is 510 g/mol. The molecule has 0 aromatic heterocycles. The van der Waals surface area contributed by atoms with E-state index in [1.54, 1.807) is 13.0 Å². The van der Waals surface area contributed by atoms with Crippen molar-refractivity contribution in [1.82, 2.24) is 15.1 Å². The number of nitrogens with zero attached hydrogens (tertiary/aromatic N) is 3. The van der Waals surface area contributed by atoms with Gasteiger partial charge in [-0.05, 0) is 42.3 Å². The third-order valence-corrected chi connectivity index (χ3v) is 4.99. The highest BCUT2D eigenvalue weighted by Crippen LogP contribution is 2.15. The quantitative estimate of drug-likeness (QED) is 0.346. The van der Waals surface area contributed by atoms with Gasteiger partial charge in [0.15, 0.2) is 5.96 Å². The molecule has 8 heteroatoms. The van der Waals surface area contributed by atoms with Gasteiger partial charge in [0.25, 0.3) is 0 Å². The second-order valence-electron chi connectivity index (χ2n) is 7.23. The molecule has 1 fully saturated rings. The molecule has 1 saturated heterocycles. The van der Waals surface area contributed by atoms with Gasteiger partial charge in [-0.15, -0.1) is 24.0 Å². The van der Waals surface area contributed by atoms with E-state index in [0.717, 1.165) is 55.6 Å². The molecule has 0 saturated carbocycles. The number of amides is 1. The predicted octanol–water partition coefficient (Wildman–Crippen LogP) is 3.65. The lowest BCUT2D eigenvalue weighted by atomic mass is 10.2. The molecule has 31 heavy (non-hydrogen) atoms. The molecule has 2 aromatic carbocycles. The summed E-state index contributed by atoms with van der Waals surface area (Å²) in [7, 11) is 0. The monoisotopic (exact) mass is 540 g/mol. The summed E-state index contributed by atoms with van der Waals surface area (Å²) >= 11 is 0. The molecule has 168 valence electrons. The lowest BCUT2D eigenvalue weighted by molar-refractivity contribution is -0.130. The van der Waals surface area contributed by atoms with Crippen LogP contribution in [0.3, 0.4) is 0 Å². The first-order valence-electron chi connectivity index (χ1n) is 10.3. The molecule has 0 spiro atoms. The number of aliphatic imine (C=N–C) groups is 1. The molecule has 1 N–H and O–H groups in total. The second-order valence-corrected chi connectivity index (χ2v) is 7.23. The Labute approximate surface area is 200 Å². The van der Waals surface area contributed by atoms with Crippen LogP contribution in [0, 0.1) is 5.82 Å². The van der Waals surface area contributed by atoms with Crippen molar-refractivity contribution in [2.24, 2.45) is 4.99 Å². The van der Waals surface area contributed by atoms with Gasteiger partial charge >= 0.3 is 0 Å². The zero-order valence-corrected chi connectivity index (χ0v) is 20.3. The van der Waals surface area contributed by atoms with Crippen LogP contribution in [0.5, 0.6) is 5.75 Å². The summed E-state index contributed by atoms with van der Waals surface area (Å²) < 4.78 is 19.0. The van der Waals surface area contributed by atoms with Crippen LogP contribution in [0.1, 0.15) is 25.0 Å². The lowest BCUT2D eigenvalue weighted by Crippen LogP contribution is -2.53. The van der Waals surface area contributed by atoms with Crippen LogP contribution in [0.2, 0.25) is 0 Å². The number of halogens is 2. The van der Waals surface area contributed by atoms with Crippen molar-refractivity contribution < 1.29 is 13.9 Å². The van der Waals surface area contributed by atoms with Crippen molar-refractivity contribution in [3.05, 3.63) is 65.5 Å². The number of nitrogens with one attached hydrogen (secondary N) is 1. The molecule has 2 aromatic rings. The summed E-state index contributed by atoms with van der Waals surface area (Å²) in [4.78, 5) is 20.3. The van der Waals surface area contributed by atoms with E-state index < -0.39 is 0 Å². The van der Waals surface area contributed by atoms with Crippen molar-refractivity contribution in [2.75, 3.05) is 32.7 Å². The van der Waals surface area contributed by atoms with Gasteiger partial charge in [-0.1, -0.05) is 24.3 Å². The Balaban J connectivity index is 0.00000341. The maximum atomic E-state index is 13.2. The smallest absolute Gasteiger partial charge is 0.219 e. The minimum atomic E-state index is -0.261. The minimum Gasteiger partial charge on any atom is -0.489 e. The normalized spacial score (nSPS) is 14.1. The van der Waals surface area contributed by atoms with Gasteiger partial charge in [0.2, 0.25) is 5.91 Å². The van der Waals surface area contributed by atoms with Gasteiger partial charge < -0.3 is 19.9 Å². The van der Waals surface area contributed by atoms with Gasteiger partial charge in [-0.3, -0.25) is 4.79 Å². The molecular formula is C23H30FIN4O2. The summed E-state index contributed by atoms with van der Waals surface area (Å²) in [5, 5.41) is 3.34. The Morgan fingerprint density at radius 3 is 2.35 bits per heavy atom. The summed E-state index contributed by atoms with van der Waals surface area (Å²) in [6.07, 6.45) is 0. The molecule has 6 nitrogen and oxygen atoms in total. The number of hydrogen-bond donors (Lipinski definition) is 1. The Kier molecular flexibility index (Phi) is 10.0. The third kappa shape index (κ3) is 7.68. The second kappa shape index (κ2) is 12.5. The highest BCUT2D eigenvalue weighted by atomic mass is 127. The molecule has 0 unspecified atom stereocenters. The summed E-state index contributed by atoms with van der Waals surface area (Å²) in [6.45, 7) is 8.32. The molecule has 0 bridgehead atoms. The van der Waals surface area contributed by atoms with Gasteiger partial charge in [0.1, 0.15) is 18.2 Å². The SMILES string of the molecule is CCNC(=NCc1ccc(OCc2cccc(F)c2)cc1)N1CCN(C(C)=O)CC1.I. The Morgan fingerprint density at radius 1 is 1.06 bits per heavy atom. The fourth-order valence-electron chi connectivity index (χ4n) is 3.31. The number of guanidine groups is 1. The van der Waals surface area contributed by atoms with Crippen LogP contribution in [-0.4, -0.2) is 54.4 Å². The zero-order valence-electron chi connectivity index (χ0n) is 18.0. The van der Waals surface area contributed by atoms with Crippen molar-refractivity contribution in [1.29, 1.82) is 0 Å². The van der Waals surface area contributed by atoms with Crippen LogP contribution in [0.4, 0.5) is 4.39 Å². The van der Waals surface area contributed by atoms with Gasteiger partial charge in [-0.25, -0.2) is 9.38 Å². The minimum absolute atomic E-state index is 0. The number of hydrogen-bond acceptors (Lipinski definition) is 3. The molecule has 0 atom stereocenters. The number of carbonyl (C=O) groups is 1. The highest BCUT2D eigenvalue weighted by molar-refractivity contribution is 14.0. The van der Waals surface area contributed by atoms with E-state index in [9.17, 15) is 9.18 Å². The van der Waals surface area contributed by atoms with Crippen molar-refractivity contribution in [3.63, 3.8) is 0 Å². The Bertz CT molecular complexity index is 868. The number of rotatable bonds is 6. The molecule has 1 amide bonds. The van der Waals surface area contributed by atoms with Gasteiger partial charge in [0, 0.05) is 39.6 Å². The van der Waals surface area contributed by atoms with Crippen molar-refractivity contribution in [3.8, 4) is 5.75 Å². The average Bonchev–Trinajstić information content (AvgIpc) is 2.76. The first kappa shape index (κ1) is 24.9. The predicted molar refractivity (Wildman–Crippen MR) is 131 cm³/mol. The molecule has 1 aliphatic heterocycles. The maximum Gasteiger partial charge on any atom is 0.219 e. The molecule has 0 radical (unpaired) electrons. The molecule has 1 heterocycles. The summed E-state index contributed by atoms with van der Waals surface area (Å²) in [5.41, 5.74) is 1.87. The van der Waals surface area contributed by atoms with E-state index in [-0.39, 0.29) is 35.7 Å². The van der Waals surface area contributed by atoms with Crippen LogP contribution in [0.25, 0.3) is 0 Å². The molecule has 3 rings (SSSR count). The largest absolute Gasteiger partial charge is 0.489 e. The van der Waals surface area contributed by atoms with E-state index >= 15 is 0 Å². The van der Waals surface area contributed by atoms with Crippen LogP contribution >= 0.6 is 24.0 Å². The van der Waals surface area contributed by atoms with Gasteiger partial charge in [-0.2, -0.15) is 0 Å². The topological polar surface area (TPSA) is 57.2 Å². The van der Waals surface area contributed by atoms with E-state index in [0.29, 0.717) is 13.2 Å². The van der Waals surface area contributed by atoms with Crippen molar-refractivity contribution in [2.45, 2.75) is 27.0 Å². The number of benzene rings is 2. The van der Waals surface area contributed by atoms with E-state index in [1.807, 2.05) is 42.2 Å².